The molecule has 0 saturated carbocycles. The molecule has 0 aliphatic carbocycles. The zero-order chi connectivity index (χ0) is 22.6. The molecule has 4 rings (SSSR count). The Kier molecular flexibility index (Phi) is 6.47. The van der Waals surface area contributed by atoms with Crippen LogP contribution in [-0.2, 0) is 18.4 Å². The zero-order valence-corrected chi connectivity index (χ0v) is 18.6. The fraction of sp³-hybridized carbons (Fsp3) is 0.259. The smallest absolute Gasteiger partial charge is 0.123 e. The quantitative estimate of drug-likeness (QED) is 0.396. The van der Waals surface area contributed by atoms with E-state index in [4.69, 9.17) is 10.8 Å². The highest BCUT2D eigenvalue weighted by Gasteiger charge is 2.28. The third kappa shape index (κ3) is 4.63. The lowest BCUT2D eigenvalue weighted by Crippen LogP contribution is -2.36. The molecule has 0 spiro atoms. The normalized spacial score (nSPS) is 11.6. The molecule has 0 aliphatic rings. The van der Waals surface area contributed by atoms with E-state index in [9.17, 15) is 4.39 Å². The SMILES string of the molecule is CC(C)(CN)n1nc(CCCc2ccccc2)c(-c2ccncc2)c1-c1ccc(F)cc1. The number of aryl methyl sites for hydroxylation is 2. The van der Waals surface area contributed by atoms with Crippen LogP contribution in [0.25, 0.3) is 22.4 Å². The van der Waals surface area contributed by atoms with Gasteiger partial charge in [0.1, 0.15) is 5.82 Å². The first-order valence-corrected chi connectivity index (χ1v) is 11.0. The lowest BCUT2D eigenvalue weighted by Gasteiger charge is -2.26. The van der Waals surface area contributed by atoms with Crippen LogP contribution in [0.15, 0.2) is 79.1 Å². The number of rotatable bonds is 8. The average Bonchev–Trinajstić information content (AvgIpc) is 3.21. The molecule has 0 atom stereocenters. The van der Waals surface area contributed by atoms with Gasteiger partial charge in [-0.05, 0) is 80.6 Å². The molecule has 2 N–H and O–H groups in total. The Labute approximate surface area is 188 Å². The summed E-state index contributed by atoms with van der Waals surface area (Å²) in [4.78, 5) is 4.19. The Balaban J connectivity index is 1.83. The van der Waals surface area contributed by atoms with Gasteiger partial charge in [0.05, 0.1) is 16.9 Å². The molecule has 2 heterocycles. The third-order valence-corrected chi connectivity index (χ3v) is 5.84. The largest absolute Gasteiger partial charge is 0.328 e. The molecule has 0 fully saturated rings. The summed E-state index contributed by atoms with van der Waals surface area (Å²) in [6.07, 6.45) is 6.38. The predicted octanol–water partition coefficient (Wildman–Crippen LogP) is 5.62. The maximum absolute atomic E-state index is 13.7. The van der Waals surface area contributed by atoms with Crippen molar-refractivity contribution in [1.82, 2.24) is 14.8 Å². The molecule has 2 aromatic heterocycles. The first kappa shape index (κ1) is 21.9. The molecule has 32 heavy (non-hydrogen) atoms. The Morgan fingerprint density at radius 3 is 2.22 bits per heavy atom. The molecule has 0 saturated heterocycles. The first-order valence-electron chi connectivity index (χ1n) is 11.0. The molecule has 0 unspecified atom stereocenters. The van der Waals surface area contributed by atoms with Crippen molar-refractivity contribution in [2.45, 2.75) is 38.6 Å². The second-order valence-electron chi connectivity index (χ2n) is 8.68. The van der Waals surface area contributed by atoms with Gasteiger partial charge in [-0.25, -0.2) is 4.39 Å². The maximum Gasteiger partial charge on any atom is 0.123 e. The minimum Gasteiger partial charge on any atom is -0.328 e. The number of nitrogens with two attached hydrogens (primary N) is 1. The summed E-state index contributed by atoms with van der Waals surface area (Å²) in [5.74, 6) is -0.258. The van der Waals surface area contributed by atoms with Crippen LogP contribution in [-0.4, -0.2) is 21.3 Å². The van der Waals surface area contributed by atoms with Crippen LogP contribution in [0.4, 0.5) is 4.39 Å². The fourth-order valence-electron chi connectivity index (χ4n) is 3.96. The minimum atomic E-state index is -0.400. The monoisotopic (exact) mass is 428 g/mol. The van der Waals surface area contributed by atoms with Gasteiger partial charge in [-0.15, -0.1) is 0 Å². The van der Waals surface area contributed by atoms with Crippen LogP contribution in [0.5, 0.6) is 0 Å². The third-order valence-electron chi connectivity index (χ3n) is 5.84. The van der Waals surface area contributed by atoms with E-state index in [0.29, 0.717) is 6.54 Å². The molecule has 0 radical (unpaired) electrons. The molecule has 0 bridgehead atoms. The lowest BCUT2D eigenvalue weighted by molar-refractivity contribution is 0.332. The van der Waals surface area contributed by atoms with Gasteiger partial charge in [-0.1, -0.05) is 30.3 Å². The lowest BCUT2D eigenvalue weighted by atomic mass is 9.95. The Morgan fingerprint density at radius 1 is 0.875 bits per heavy atom. The van der Waals surface area contributed by atoms with Gasteiger partial charge in [0.2, 0.25) is 0 Å². The van der Waals surface area contributed by atoms with E-state index in [-0.39, 0.29) is 5.82 Å². The van der Waals surface area contributed by atoms with Crippen molar-refractivity contribution in [2.24, 2.45) is 5.73 Å². The van der Waals surface area contributed by atoms with Crippen molar-refractivity contribution in [1.29, 1.82) is 0 Å². The summed E-state index contributed by atoms with van der Waals surface area (Å²) in [5, 5.41) is 5.08. The van der Waals surface area contributed by atoms with Crippen molar-refractivity contribution in [3.63, 3.8) is 0 Å². The number of hydrogen-bond donors (Lipinski definition) is 1. The Hall–Kier alpha value is -3.31. The van der Waals surface area contributed by atoms with Crippen molar-refractivity contribution in [3.05, 3.63) is 96.2 Å². The van der Waals surface area contributed by atoms with Gasteiger partial charge < -0.3 is 5.73 Å². The van der Waals surface area contributed by atoms with Gasteiger partial charge in [0, 0.05) is 30.1 Å². The standard InChI is InChI=1S/C27H29FN4/c1-27(2,19-29)32-26(22-11-13-23(28)14-12-22)25(21-15-17-30-18-16-21)24(31-32)10-6-9-20-7-4-3-5-8-20/h3-5,7-8,11-18H,6,9-10,19,29H2,1-2H3. The van der Waals surface area contributed by atoms with Crippen molar-refractivity contribution >= 4 is 0 Å². The molecule has 4 aromatic rings. The number of hydrogen-bond acceptors (Lipinski definition) is 3. The number of nitrogens with zero attached hydrogens (tertiary/aromatic N) is 3. The summed E-state index contributed by atoms with van der Waals surface area (Å²) in [5.41, 5.74) is 12.1. The number of pyridine rings is 1. The van der Waals surface area contributed by atoms with Crippen LogP contribution in [0.3, 0.4) is 0 Å². The summed E-state index contributed by atoms with van der Waals surface area (Å²) >= 11 is 0. The van der Waals surface area contributed by atoms with Crippen LogP contribution in [0.2, 0.25) is 0 Å². The summed E-state index contributed by atoms with van der Waals surface area (Å²) in [6.45, 7) is 4.59. The highest BCUT2D eigenvalue weighted by Crippen LogP contribution is 2.38. The van der Waals surface area contributed by atoms with Gasteiger partial charge in [0.15, 0.2) is 0 Å². The molecule has 5 heteroatoms. The van der Waals surface area contributed by atoms with E-state index < -0.39 is 5.54 Å². The highest BCUT2D eigenvalue weighted by atomic mass is 19.1. The molecule has 0 aliphatic heterocycles. The maximum atomic E-state index is 13.7. The van der Waals surface area contributed by atoms with Gasteiger partial charge in [0.25, 0.3) is 0 Å². The first-order chi connectivity index (χ1) is 15.5. The van der Waals surface area contributed by atoms with E-state index in [1.54, 1.807) is 12.4 Å². The second-order valence-corrected chi connectivity index (χ2v) is 8.68. The number of halogens is 1. The van der Waals surface area contributed by atoms with E-state index in [1.807, 2.05) is 35.0 Å². The van der Waals surface area contributed by atoms with Gasteiger partial charge >= 0.3 is 0 Å². The van der Waals surface area contributed by atoms with Crippen LogP contribution in [0.1, 0.15) is 31.5 Å². The summed E-state index contributed by atoms with van der Waals surface area (Å²) < 4.78 is 15.7. The predicted molar refractivity (Wildman–Crippen MR) is 128 cm³/mol. The number of benzene rings is 2. The van der Waals surface area contributed by atoms with Crippen molar-refractivity contribution < 1.29 is 4.39 Å². The molecular weight excluding hydrogens is 399 g/mol. The highest BCUT2D eigenvalue weighted by molar-refractivity contribution is 5.83. The molecule has 2 aromatic carbocycles. The van der Waals surface area contributed by atoms with Crippen molar-refractivity contribution in [2.75, 3.05) is 6.54 Å². The second kappa shape index (κ2) is 9.45. The van der Waals surface area contributed by atoms with Crippen molar-refractivity contribution in [3.8, 4) is 22.4 Å². The fourth-order valence-corrected chi connectivity index (χ4v) is 3.96. The molecule has 4 nitrogen and oxygen atoms in total. The minimum absolute atomic E-state index is 0.258. The zero-order valence-electron chi connectivity index (χ0n) is 18.6. The van der Waals surface area contributed by atoms with E-state index in [0.717, 1.165) is 47.3 Å². The Bertz CT molecular complexity index is 1150. The average molecular weight is 429 g/mol. The summed E-state index contributed by atoms with van der Waals surface area (Å²) in [6, 6.07) is 21.1. The number of aromatic nitrogens is 3. The molecular formula is C27H29FN4. The molecule has 164 valence electrons. The van der Waals surface area contributed by atoms with Gasteiger partial charge in [-0.3, -0.25) is 9.67 Å². The van der Waals surface area contributed by atoms with E-state index >= 15 is 0 Å². The molecule has 0 amide bonds. The topological polar surface area (TPSA) is 56.7 Å². The Morgan fingerprint density at radius 2 is 1.56 bits per heavy atom. The van der Waals surface area contributed by atoms with Crippen LogP contribution >= 0.6 is 0 Å². The van der Waals surface area contributed by atoms with E-state index in [1.165, 1.54) is 17.7 Å². The van der Waals surface area contributed by atoms with Crippen LogP contribution in [0, 0.1) is 5.82 Å². The van der Waals surface area contributed by atoms with Crippen LogP contribution < -0.4 is 5.73 Å². The van der Waals surface area contributed by atoms with Gasteiger partial charge in [-0.2, -0.15) is 5.10 Å². The van der Waals surface area contributed by atoms with E-state index in [2.05, 4.69) is 43.1 Å². The summed E-state index contributed by atoms with van der Waals surface area (Å²) in [7, 11) is 0.